The van der Waals surface area contributed by atoms with Crippen molar-refractivity contribution in [3.8, 4) is 69.3 Å². The highest BCUT2D eigenvalue weighted by atomic mass is 16.5. The lowest BCUT2D eigenvalue weighted by atomic mass is 9.98. The summed E-state index contributed by atoms with van der Waals surface area (Å²) in [5.74, 6) is 17.7. The zero-order chi connectivity index (χ0) is 32.6. The van der Waals surface area contributed by atoms with Gasteiger partial charge in [-0.2, -0.15) is 0 Å². The predicted molar refractivity (Wildman–Crippen MR) is 182 cm³/mol. The highest BCUT2D eigenvalue weighted by Gasteiger charge is 2.18. The van der Waals surface area contributed by atoms with E-state index in [1.165, 1.54) is 12.8 Å². The van der Waals surface area contributed by atoms with Gasteiger partial charge in [0.05, 0.1) is 53.3 Å². The highest BCUT2D eigenvalue weighted by Crippen LogP contribution is 2.43. The molecule has 0 aliphatic rings. The molecule has 0 spiro atoms. The van der Waals surface area contributed by atoms with Crippen LogP contribution in [0.2, 0.25) is 0 Å². The van der Waals surface area contributed by atoms with E-state index in [0.29, 0.717) is 12.4 Å². The molecular formula is C39H48O6. The van der Waals surface area contributed by atoms with Crippen molar-refractivity contribution in [3.05, 3.63) is 58.7 Å². The quantitative estimate of drug-likeness (QED) is 0.126. The normalized spacial score (nSPS) is 10.2. The molecule has 3 aromatic carbocycles. The summed E-state index contributed by atoms with van der Waals surface area (Å²) in [4.78, 5) is 0. The Hall–Kier alpha value is -4.42. The summed E-state index contributed by atoms with van der Waals surface area (Å²) in [6.45, 7) is 6.83. The monoisotopic (exact) mass is 612 g/mol. The molecular weight excluding hydrogens is 564 g/mol. The second-order valence-electron chi connectivity index (χ2n) is 10.8. The van der Waals surface area contributed by atoms with E-state index in [2.05, 4.69) is 30.6 Å². The van der Waals surface area contributed by atoms with E-state index in [1.807, 2.05) is 50.2 Å². The van der Waals surface area contributed by atoms with Crippen LogP contribution in [0.15, 0.2) is 36.4 Å². The fourth-order valence-corrected chi connectivity index (χ4v) is 5.02. The number of hydrogen-bond donors (Lipinski definition) is 0. The van der Waals surface area contributed by atoms with Crippen molar-refractivity contribution in [1.82, 2.24) is 0 Å². The smallest absolute Gasteiger partial charge is 0.135 e. The Morgan fingerprint density at radius 3 is 1.51 bits per heavy atom. The zero-order valence-corrected chi connectivity index (χ0v) is 28.3. The third-order valence-electron chi connectivity index (χ3n) is 7.58. The lowest BCUT2D eigenvalue weighted by Crippen LogP contribution is -2.01. The Bertz CT molecular complexity index is 1530. The SMILES string of the molecule is CCCCCCOc1cc(-c2cc(OC)c(C)cc2OC)c(OC)cc1C#CCCCCC#Cc1cc(OC)c(C)cc1OC. The van der Waals surface area contributed by atoms with Crippen LogP contribution < -0.4 is 28.4 Å². The lowest BCUT2D eigenvalue weighted by molar-refractivity contribution is 0.304. The first kappa shape index (κ1) is 35.1. The Morgan fingerprint density at radius 2 is 0.956 bits per heavy atom. The van der Waals surface area contributed by atoms with Crippen LogP contribution in [0.4, 0.5) is 0 Å². The first-order chi connectivity index (χ1) is 21.9. The van der Waals surface area contributed by atoms with Crippen molar-refractivity contribution in [2.45, 2.75) is 72.1 Å². The van der Waals surface area contributed by atoms with Crippen molar-refractivity contribution in [2.24, 2.45) is 0 Å². The van der Waals surface area contributed by atoms with E-state index in [4.69, 9.17) is 28.4 Å². The summed E-state index contributed by atoms with van der Waals surface area (Å²) in [7, 11) is 8.34. The minimum absolute atomic E-state index is 0.630. The molecule has 45 heavy (non-hydrogen) atoms. The third kappa shape index (κ3) is 9.79. The van der Waals surface area contributed by atoms with Gasteiger partial charge < -0.3 is 28.4 Å². The molecule has 6 heteroatoms. The second kappa shape index (κ2) is 18.4. The van der Waals surface area contributed by atoms with Crippen molar-refractivity contribution >= 4 is 0 Å². The molecule has 0 fully saturated rings. The van der Waals surface area contributed by atoms with Gasteiger partial charge in [0.1, 0.15) is 34.5 Å². The van der Waals surface area contributed by atoms with Gasteiger partial charge in [0.25, 0.3) is 0 Å². The first-order valence-electron chi connectivity index (χ1n) is 15.7. The topological polar surface area (TPSA) is 55.4 Å². The van der Waals surface area contributed by atoms with Crippen molar-refractivity contribution in [2.75, 3.05) is 42.2 Å². The molecule has 0 aliphatic carbocycles. The summed E-state index contributed by atoms with van der Waals surface area (Å²) in [6.07, 6.45) is 7.93. The maximum absolute atomic E-state index is 6.33. The van der Waals surface area contributed by atoms with E-state index in [0.717, 1.165) is 101 Å². The molecule has 0 aromatic heterocycles. The number of hydrogen-bond acceptors (Lipinski definition) is 6. The Balaban J connectivity index is 1.78. The highest BCUT2D eigenvalue weighted by molar-refractivity contribution is 5.80. The average Bonchev–Trinajstić information content (AvgIpc) is 3.06. The lowest BCUT2D eigenvalue weighted by Gasteiger charge is -2.18. The number of methoxy groups -OCH3 is 5. The van der Waals surface area contributed by atoms with Gasteiger partial charge in [0, 0.05) is 30.0 Å². The molecule has 0 bridgehead atoms. The maximum atomic E-state index is 6.33. The van der Waals surface area contributed by atoms with E-state index in [-0.39, 0.29) is 0 Å². The largest absolute Gasteiger partial charge is 0.496 e. The third-order valence-corrected chi connectivity index (χ3v) is 7.58. The minimum Gasteiger partial charge on any atom is -0.496 e. The molecule has 0 heterocycles. The minimum atomic E-state index is 0.630. The molecule has 0 saturated heterocycles. The molecule has 0 amide bonds. The van der Waals surface area contributed by atoms with Gasteiger partial charge in [-0.1, -0.05) is 49.9 Å². The average molecular weight is 613 g/mol. The van der Waals surface area contributed by atoms with Crippen LogP contribution in [-0.2, 0) is 0 Å². The van der Waals surface area contributed by atoms with Gasteiger partial charge in [-0.15, -0.1) is 0 Å². The molecule has 3 rings (SSSR count). The fourth-order valence-electron chi connectivity index (χ4n) is 5.02. The van der Waals surface area contributed by atoms with Crippen LogP contribution in [0.3, 0.4) is 0 Å². The molecule has 0 radical (unpaired) electrons. The summed E-state index contributed by atoms with van der Waals surface area (Å²) in [6, 6.07) is 11.8. The standard InChI is InChI=1S/C39H48O6/c1-9-10-11-18-21-45-37-27-33(32-26-35(41-5)29(3)23-38(32)43-7)39(44-8)25-31(37)20-17-15-13-12-14-16-19-30-24-34(40-4)28(2)22-36(30)42-6/h22-27H,9-15,18,21H2,1-8H3. The Morgan fingerprint density at radius 1 is 0.489 bits per heavy atom. The van der Waals surface area contributed by atoms with E-state index in [1.54, 1.807) is 35.5 Å². The van der Waals surface area contributed by atoms with E-state index in [9.17, 15) is 0 Å². The van der Waals surface area contributed by atoms with Crippen LogP contribution in [-0.4, -0.2) is 42.2 Å². The van der Waals surface area contributed by atoms with Gasteiger partial charge in [-0.3, -0.25) is 0 Å². The summed E-state index contributed by atoms with van der Waals surface area (Å²) < 4.78 is 34.5. The zero-order valence-electron chi connectivity index (χ0n) is 28.3. The maximum Gasteiger partial charge on any atom is 0.135 e. The van der Waals surface area contributed by atoms with Crippen LogP contribution in [0.5, 0.6) is 34.5 Å². The van der Waals surface area contributed by atoms with Crippen LogP contribution in [0.25, 0.3) is 11.1 Å². The summed E-state index contributed by atoms with van der Waals surface area (Å²) in [5, 5.41) is 0. The van der Waals surface area contributed by atoms with Gasteiger partial charge in [-0.05, 0) is 74.6 Å². The first-order valence-corrected chi connectivity index (χ1v) is 15.7. The Labute approximate surface area is 270 Å². The second-order valence-corrected chi connectivity index (χ2v) is 10.8. The van der Waals surface area contributed by atoms with Gasteiger partial charge >= 0.3 is 0 Å². The van der Waals surface area contributed by atoms with Crippen molar-refractivity contribution < 1.29 is 28.4 Å². The summed E-state index contributed by atoms with van der Waals surface area (Å²) >= 11 is 0. The number of unbranched alkanes of at least 4 members (excludes halogenated alkanes) is 6. The molecule has 0 N–H and O–H groups in total. The van der Waals surface area contributed by atoms with Crippen molar-refractivity contribution in [1.29, 1.82) is 0 Å². The van der Waals surface area contributed by atoms with Crippen LogP contribution in [0, 0.1) is 37.5 Å². The van der Waals surface area contributed by atoms with Crippen LogP contribution in [0.1, 0.15) is 80.5 Å². The summed E-state index contributed by atoms with van der Waals surface area (Å²) in [5.41, 5.74) is 5.39. The number of ether oxygens (including phenoxy) is 6. The van der Waals surface area contributed by atoms with E-state index >= 15 is 0 Å². The van der Waals surface area contributed by atoms with Crippen molar-refractivity contribution in [3.63, 3.8) is 0 Å². The van der Waals surface area contributed by atoms with Gasteiger partial charge in [0.15, 0.2) is 0 Å². The number of benzene rings is 3. The Kier molecular flexibility index (Phi) is 14.3. The molecule has 6 nitrogen and oxygen atoms in total. The molecule has 240 valence electrons. The van der Waals surface area contributed by atoms with Gasteiger partial charge in [0.2, 0.25) is 0 Å². The van der Waals surface area contributed by atoms with E-state index < -0.39 is 0 Å². The molecule has 0 unspecified atom stereocenters. The number of aryl methyl sites for hydroxylation is 2. The molecule has 3 aromatic rings. The molecule has 0 aliphatic heterocycles. The molecule has 0 saturated carbocycles. The predicted octanol–water partition coefficient (Wildman–Crippen LogP) is 8.94. The van der Waals surface area contributed by atoms with Gasteiger partial charge in [-0.25, -0.2) is 0 Å². The van der Waals surface area contributed by atoms with Crippen LogP contribution >= 0.6 is 0 Å². The number of rotatable bonds is 15. The fraction of sp³-hybridized carbons (Fsp3) is 0.436. The molecule has 0 atom stereocenters.